The molecule has 0 atom stereocenters. The molecule has 0 saturated carbocycles. The molecule has 2 amide bonds. The molecule has 0 aliphatic heterocycles. The number of nitrogens with zero attached hydrogens (tertiary/aromatic N) is 2. The molecule has 0 aliphatic rings. The van der Waals surface area contributed by atoms with Gasteiger partial charge in [-0.05, 0) is 67.9 Å². The van der Waals surface area contributed by atoms with Gasteiger partial charge in [0, 0.05) is 35.2 Å². The highest BCUT2D eigenvalue weighted by molar-refractivity contribution is 5.95. The fourth-order valence-corrected chi connectivity index (χ4v) is 2.92. The normalized spacial score (nSPS) is 10.8. The Balaban J connectivity index is 1.62. The van der Waals surface area contributed by atoms with Crippen molar-refractivity contribution in [1.29, 1.82) is 0 Å². The van der Waals surface area contributed by atoms with Crippen LogP contribution >= 0.6 is 0 Å². The highest BCUT2D eigenvalue weighted by atomic mass is 16.2. The summed E-state index contributed by atoms with van der Waals surface area (Å²) in [5, 5.41) is 6.69. The molecular formula is C22H22N4O2. The Morgan fingerprint density at radius 1 is 0.893 bits per heavy atom. The average molecular weight is 374 g/mol. The van der Waals surface area contributed by atoms with Crippen LogP contribution in [0.25, 0.3) is 5.69 Å². The van der Waals surface area contributed by atoms with Crippen LogP contribution in [0.4, 0.5) is 5.69 Å². The van der Waals surface area contributed by atoms with E-state index in [1.165, 1.54) is 6.92 Å². The minimum Gasteiger partial charge on any atom is -0.326 e. The van der Waals surface area contributed by atoms with E-state index in [1.54, 1.807) is 42.6 Å². The van der Waals surface area contributed by atoms with Gasteiger partial charge in [-0.15, -0.1) is 0 Å². The Morgan fingerprint density at radius 2 is 1.50 bits per heavy atom. The lowest BCUT2D eigenvalue weighted by Crippen LogP contribution is -2.17. The summed E-state index contributed by atoms with van der Waals surface area (Å²) in [6.07, 6.45) is 1.55. The van der Waals surface area contributed by atoms with Gasteiger partial charge in [0.15, 0.2) is 0 Å². The van der Waals surface area contributed by atoms with E-state index in [-0.39, 0.29) is 11.8 Å². The summed E-state index contributed by atoms with van der Waals surface area (Å²) < 4.78 is 2.13. The van der Waals surface area contributed by atoms with Crippen molar-refractivity contribution in [2.45, 2.75) is 20.8 Å². The highest BCUT2D eigenvalue weighted by Gasteiger charge is 2.07. The second-order valence-electron chi connectivity index (χ2n) is 6.50. The molecule has 0 saturated heterocycles. The lowest BCUT2D eigenvalue weighted by Gasteiger charge is -2.10. The largest absolute Gasteiger partial charge is 0.326 e. The van der Waals surface area contributed by atoms with Crippen LogP contribution in [-0.2, 0) is 4.79 Å². The second kappa shape index (κ2) is 8.35. The third kappa shape index (κ3) is 4.54. The van der Waals surface area contributed by atoms with Gasteiger partial charge >= 0.3 is 0 Å². The van der Waals surface area contributed by atoms with Gasteiger partial charge in [0.05, 0.1) is 6.21 Å². The van der Waals surface area contributed by atoms with Crippen molar-refractivity contribution in [3.63, 3.8) is 0 Å². The number of hydrogen-bond donors (Lipinski definition) is 2. The molecule has 0 aliphatic carbocycles. The van der Waals surface area contributed by atoms with Gasteiger partial charge in [-0.2, -0.15) is 5.10 Å². The zero-order valence-electron chi connectivity index (χ0n) is 16.1. The van der Waals surface area contributed by atoms with E-state index in [9.17, 15) is 9.59 Å². The van der Waals surface area contributed by atoms with E-state index < -0.39 is 0 Å². The van der Waals surface area contributed by atoms with Crippen LogP contribution in [0.5, 0.6) is 0 Å². The fraction of sp³-hybridized carbons (Fsp3) is 0.136. The maximum Gasteiger partial charge on any atom is 0.271 e. The van der Waals surface area contributed by atoms with Gasteiger partial charge in [0.25, 0.3) is 5.91 Å². The van der Waals surface area contributed by atoms with Crippen molar-refractivity contribution in [2.24, 2.45) is 5.10 Å². The number of nitrogens with one attached hydrogen (secondary N) is 2. The Hall–Kier alpha value is -3.67. The molecule has 6 heteroatoms. The number of carbonyl (C=O) groups excluding carboxylic acids is 2. The molecule has 3 rings (SSSR count). The number of hydrogen-bond acceptors (Lipinski definition) is 3. The number of rotatable bonds is 5. The van der Waals surface area contributed by atoms with Crippen LogP contribution in [0.2, 0.25) is 0 Å². The van der Waals surface area contributed by atoms with Gasteiger partial charge in [0.2, 0.25) is 5.91 Å². The number of aryl methyl sites for hydroxylation is 2. The maximum atomic E-state index is 12.3. The zero-order chi connectivity index (χ0) is 20.1. The first-order valence-corrected chi connectivity index (χ1v) is 8.90. The Bertz CT molecular complexity index is 996. The minimum atomic E-state index is -0.279. The topological polar surface area (TPSA) is 75.5 Å². The first-order chi connectivity index (χ1) is 13.4. The Kier molecular flexibility index (Phi) is 5.69. The van der Waals surface area contributed by atoms with Gasteiger partial charge < -0.3 is 9.88 Å². The molecule has 3 aromatic rings. The van der Waals surface area contributed by atoms with Crippen LogP contribution in [0.15, 0.2) is 65.8 Å². The van der Waals surface area contributed by atoms with Crippen LogP contribution in [-0.4, -0.2) is 22.6 Å². The van der Waals surface area contributed by atoms with Gasteiger partial charge in [-0.1, -0.05) is 12.1 Å². The predicted octanol–water partition coefficient (Wildman–Crippen LogP) is 3.82. The van der Waals surface area contributed by atoms with E-state index in [0.717, 1.165) is 22.6 Å². The monoisotopic (exact) mass is 374 g/mol. The molecule has 1 aromatic heterocycles. The van der Waals surface area contributed by atoms with E-state index in [0.29, 0.717) is 11.3 Å². The summed E-state index contributed by atoms with van der Waals surface area (Å²) in [6.45, 7) is 5.55. The van der Waals surface area contributed by atoms with Crippen molar-refractivity contribution in [3.05, 3.63) is 83.2 Å². The SMILES string of the molecule is CC(=O)Nc1ccc(/C=N/NC(=O)c2ccc(-n3c(C)ccc3C)cc2)cc1. The first-order valence-electron chi connectivity index (χ1n) is 8.90. The highest BCUT2D eigenvalue weighted by Crippen LogP contribution is 2.17. The smallest absolute Gasteiger partial charge is 0.271 e. The number of benzene rings is 2. The third-order valence-electron chi connectivity index (χ3n) is 4.27. The van der Waals surface area contributed by atoms with Crippen molar-refractivity contribution in [2.75, 3.05) is 5.32 Å². The number of carbonyl (C=O) groups is 2. The van der Waals surface area contributed by atoms with Crippen molar-refractivity contribution < 1.29 is 9.59 Å². The van der Waals surface area contributed by atoms with E-state index in [1.807, 2.05) is 26.0 Å². The summed E-state index contributed by atoms with van der Waals surface area (Å²) in [6, 6.07) is 18.7. The fourth-order valence-electron chi connectivity index (χ4n) is 2.92. The summed E-state index contributed by atoms with van der Waals surface area (Å²) in [4.78, 5) is 23.3. The van der Waals surface area contributed by atoms with Crippen molar-refractivity contribution >= 4 is 23.7 Å². The predicted molar refractivity (Wildman–Crippen MR) is 111 cm³/mol. The van der Waals surface area contributed by atoms with Crippen molar-refractivity contribution in [3.8, 4) is 5.69 Å². The average Bonchev–Trinajstić information content (AvgIpc) is 3.01. The molecular weight excluding hydrogens is 352 g/mol. The molecule has 0 unspecified atom stereocenters. The second-order valence-corrected chi connectivity index (χ2v) is 6.50. The molecule has 0 bridgehead atoms. The Morgan fingerprint density at radius 3 is 2.07 bits per heavy atom. The lowest BCUT2D eigenvalue weighted by atomic mass is 10.2. The molecule has 28 heavy (non-hydrogen) atoms. The number of anilines is 1. The van der Waals surface area contributed by atoms with Crippen molar-refractivity contribution in [1.82, 2.24) is 9.99 Å². The molecule has 1 heterocycles. The van der Waals surface area contributed by atoms with E-state index in [2.05, 4.69) is 32.5 Å². The molecule has 6 nitrogen and oxygen atoms in total. The molecule has 142 valence electrons. The van der Waals surface area contributed by atoms with Crippen LogP contribution in [0.3, 0.4) is 0 Å². The summed E-state index contributed by atoms with van der Waals surface area (Å²) in [5.74, 6) is -0.402. The van der Waals surface area contributed by atoms with Gasteiger partial charge in [-0.3, -0.25) is 9.59 Å². The third-order valence-corrected chi connectivity index (χ3v) is 4.27. The maximum absolute atomic E-state index is 12.3. The minimum absolute atomic E-state index is 0.123. The molecule has 2 aromatic carbocycles. The van der Waals surface area contributed by atoms with Gasteiger partial charge in [-0.25, -0.2) is 5.43 Å². The molecule has 0 fully saturated rings. The molecule has 0 radical (unpaired) electrons. The summed E-state index contributed by atoms with van der Waals surface area (Å²) in [5.41, 5.74) is 7.87. The zero-order valence-corrected chi connectivity index (χ0v) is 16.1. The van der Waals surface area contributed by atoms with Gasteiger partial charge in [0.1, 0.15) is 0 Å². The molecule has 2 N–H and O–H groups in total. The summed E-state index contributed by atoms with van der Waals surface area (Å²) >= 11 is 0. The lowest BCUT2D eigenvalue weighted by molar-refractivity contribution is -0.114. The summed E-state index contributed by atoms with van der Waals surface area (Å²) in [7, 11) is 0. The van der Waals surface area contributed by atoms with E-state index in [4.69, 9.17) is 0 Å². The number of aromatic nitrogens is 1. The van der Waals surface area contributed by atoms with Crippen LogP contribution in [0.1, 0.15) is 34.2 Å². The Labute approximate surface area is 163 Å². The van der Waals surface area contributed by atoms with E-state index >= 15 is 0 Å². The quantitative estimate of drug-likeness (QED) is 0.526. The number of amides is 2. The van der Waals surface area contributed by atoms with Crippen LogP contribution < -0.4 is 10.7 Å². The molecule has 0 spiro atoms. The number of hydrazone groups is 1. The standard InChI is InChI=1S/C22H22N4O2/c1-15-4-5-16(2)26(15)21-12-8-19(9-13-21)22(28)25-23-14-18-6-10-20(11-7-18)24-17(3)27/h4-14H,1-3H3,(H,24,27)(H,25,28)/b23-14+. The first kappa shape index (κ1) is 19.1. The van der Waals surface area contributed by atoms with Crippen LogP contribution in [0, 0.1) is 13.8 Å².